The van der Waals surface area contributed by atoms with Crippen LogP contribution in [0.15, 0.2) is 18.2 Å². The number of carbonyl (C=O) groups is 2. The van der Waals surface area contributed by atoms with Crippen LogP contribution in [0, 0.1) is 11.8 Å². The largest absolute Gasteiger partial charge is 0.478 e. The van der Waals surface area contributed by atoms with Gasteiger partial charge in [0.15, 0.2) is 0 Å². The number of aromatic carboxylic acids is 1. The maximum atomic E-state index is 12.4. The molecule has 1 rings (SSSR count). The highest BCUT2D eigenvalue weighted by atomic mass is 19.4. The summed E-state index contributed by atoms with van der Waals surface area (Å²) >= 11 is 0. The van der Waals surface area contributed by atoms with Crippen LogP contribution in [0.2, 0.25) is 0 Å². The molecule has 0 heterocycles. The fourth-order valence-electron chi connectivity index (χ4n) is 1.18. The number of benzene rings is 1. The highest BCUT2D eigenvalue weighted by Gasteiger charge is 2.31. The van der Waals surface area contributed by atoms with Crippen molar-refractivity contribution in [3.63, 3.8) is 0 Å². The number of esters is 1. The van der Waals surface area contributed by atoms with Gasteiger partial charge in [-0.3, -0.25) is 0 Å². The van der Waals surface area contributed by atoms with E-state index in [2.05, 4.69) is 10.7 Å². The molecule has 0 fully saturated rings. The van der Waals surface area contributed by atoms with Crippen LogP contribution in [-0.2, 0) is 15.7 Å². The van der Waals surface area contributed by atoms with Crippen LogP contribution in [0.25, 0.3) is 0 Å². The molecule has 0 amide bonds. The third kappa shape index (κ3) is 3.74. The van der Waals surface area contributed by atoms with Crippen molar-refractivity contribution in [2.24, 2.45) is 0 Å². The van der Waals surface area contributed by atoms with Crippen molar-refractivity contribution in [1.82, 2.24) is 0 Å². The summed E-state index contributed by atoms with van der Waals surface area (Å²) in [5.41, 5.74) is -1.94. The van der Waals surface area contributed by atoms with Gasteiger partial charge in [-0.1, -0.05) is 5.92 Å². The quantitative estimate of drug-likeness (QED) is 0.626. The van der Waals surface area contributed by atoms with Gasteiger partial charge in [0, 0.05) is 11.5 Å². The average Bonchev–Trinajstić information content (AvgIpc) is 2.34. The molecule has 7 heteroatoms. The standard InChI is InChI=1S/C12H7F3O4/c1-19-10(16)5-3-7-2-4-8(12(13,14)15)6-9(7)11(17)18/h2,4,6H,1H3,(H,17,18). The van der Waals surface area contributed by atoms with E-state index in [1.54, 1.807) is 0 Å². The molecule has 4 nitrogen and oxygen atoms in total. The molecule has 19 heavy (non-hydrogen) atoms. The summed E-state index contributed by atoms with van der Waals surface area (Å²) in [6.07, 6.45) is -4.65. The minimum atomic E-state index is -4.65. The van der Waals surface area contributed by atoms with Crippen LogP contribution in [0.5, 0.6) is 0 Å². The van der Waals surface area contributed by atoms with E-state index in [1.165, 1.54) is 0 Å². The number of carboxylic acid groups (broad SMARTS) is 1. The minimum Gasteiger partial charge on any atom is -0.478 e. The van der Waals surface area contributed by atoms with Gasteiger partial charge >= 0.3 is 18.1 Å². The van der Waals surface area contributed by atoms with Gasteiger partial charge in [-0.15, -0.1) is 0 Å². The Labute approximate surface area is 105 Å². The zero-order valence-electron chi connectivity index (χ0n) is 9.54. The van der Waals surface area contributed by atoms with E-state index >= 15 is 0 Å². The molecule has 0 aliphatic carbocycles. The van der Waals surface area contributed by atoms with Crippen LogP contribution < -0.4 is 0 Å². The fourth-order valence-corrected chi connectivity index (χ4v) is 1.18. The van der Waals surface area contributed by atoms with Gasteiger partial charge in [0.2, 0.25) is 0 Å². The van der Waals surface area contributed by atoms with E-state index in [4.69, 9.17) is 5.11 Å². The number of carbonyl (C=O) groups excluding carboxylic acids is 1. The lowest BCUT2D eigenvalue weighted by Crippen LogP contribution is -2.09. The average molecular weight is 272 g/mol. The molecule has 0 bridgehead atoms. The summed E-state index contributed by atoms with van der Waals surface area (Å²) < 4.78 is 41.5. The van der Waals surface area contributed by atoms with Gasteiger partial charge in [-0.05, 0) is 18.2 Å². The Morgan fingerprint density at radius 3 is 2.42 bits per heavy atom. The number of alkyl halides is 3. The summed E-state index contributed by atoms with van der Waals surface area (Å²) in [5, 5.41) is 8.83. The smallest absolute Gasteiger partial charge is 0.416 e. The van der Waals surface area contributed by atoms with E-state index in [9.17, 15) is 22.8 Å². The van der Waals surface area contributed by atoms with E-state index < -0.39 is 29.2 Å². The Morgan fingerprint density at radius 1 is 1.32 bits per heavy atom. The molecular weight excluding hydrogens is 265 g/mol. The van der Waals surface area contributed by atoms with Crippen molar-refractivity contribution in [2.75, 3.05) is 7.11 Å². The highest BCUT2D eigenvalue weighted by molar-refractivity contribution is 5.93. The predicted molar refractivity (Wildman–Crippen MR) is 57.3 cm³/mol. The van der Waals surface area contributed by atoms with Gasteiger partial charge in [0.1, 0.15) is 0 Å². The van der Waals surface area contributed by atoms with Crippen molar-refractivity contribution in [3.8, 4) is 11.8 Å². The lowest BCUT2D eigenvalue weighted by molar-refractivity contribution is -0.137. The first-order valence-electron chi connectivity index (χ1n) is 4.80. The lowest BCUT2D eigenvalue weighted by Gasteiger charge is -2.08. The van der Waals surface area contributed by atoms with Gasteiger partial charge in [-0.25, -0.2) is 9.59 Å². The Morgan fingerprint density at radius 2 is 1.95 bits per heavy atom. The van der Waals surface area contributed by atoms with E-state index in [1.807, 2.05) is 5.92 Å². The van der Waals surface area contributed by atoms with Gasteiger partial charge in [0.25, 0.3) is 0 Å². The summed E-state index contributed by atoms with van der Waals surface area (Å²) in [4.78, 5) is 21.6. The van der Waals surface area contributed by atoms with E-state index in [0.717, 1.165) is 13.2 Å². The highest BCUT2D eigenvalue weighted by Crippen LogP contribution is 2.30. The topological polar surface area (TPSA) is 63.6 Å². The summed E-state index contributed by atoms with van der Waals surface area (Å²) in [6.45, 7) is 0. The number of carboxylic acids is 1. The summed E-state index contributed by atoms with van der Waals surface area (Å²) in [6, 6.07) is 2.04. The first-order valence-corrected chi connectivity index (χ1v) is 4.80. The van der Waals surface area contributed by atoms with E-state index in [0.29, 0.717) is 12.1 Å². The summed E-state index contributed by atoms with van der Waals surface area (Å²) in [5.74, 6) is 1.61. The van der Waals surface area contributed by atoms with Crippen molar-refractivity contribution in [1.29, 1.82) is 0 Å². The molecule has 0 unspecified atom stereocenters. The molecule has 0 aliphatic heterocycles. The third-order valence-electron chi connectivity index (χ3n) is 2.06. The van der Waals surface area contributed by atoms with Gasteiger partial charge in [-0.2, -0.15) is 13.2 Å². The Hall–Kier alpha value is -2.49. The van der Waals surface area contributed by atoms with Crippen molar-refractivity contribution in [2.45, 2.75) is 6.18 Å². The van der Waals surface area contributed by atoms with Crippen LogP contribution in [0.3, 0.4) is 0 Å². The van der Waals surface area contributed by atoms with Crippen molar-refractivity contribution < 1.29 is 32.6 Å². The van der Waals surface area contributed by atoms with Gasteiger partial charge < -0.3 is 9.84 Å². The normalized spacial score (nSPS) is 10.3. The molecule has 0 saturated carbocycles. The molecule has 0 atom stereocenters. The third-order valence-corrected chi connectivity index (χ3v) is 2.06. The Bertz CT molecular complexity index is 579. The monoisotopic (exact) mass is 272 g/mol. The maximum absolute atomic E-state index is 12.4. The molecule has 0 radical (unpaired) electrons. The zero-order valence-corrected chi connectivity index (χ0v) is 9.54. The minimum absolute atomic E-state index is 0.203. The van der Waals surface area contributed by atoms with Crippen molar-refractivity contribution >= 4 is 11.9 Å². The van der Waals surface area contributed by atoms with Crippen LogP contribution in [-0.4, -0.2) is 24.2 Å². The molecule has 1 N–H and O–H groups in total. The molecule has 0 spiro atoms. The SMILES string of the molecule is COC(=O)C#Cc1ccc(C(F)(F)F)cc1C(=O)O. The second kappa shape index (κ2) is 5.44. The molecule has 1 aromatic rings. The van der Waals surface area contributed by atoms with Crippen LogP contribution in [0.4, 0.5) is 13.2 Å². The first-order chi connectivity index (χ1) is 8.75. The first kappa shape index (κ1) is 14.6. The van der Waals surface area contributed by atoms with Crippen LogP contribution in [0.1, 0.15) is 21.5 Å². The molecule has 0 aliphatic rings. The van der Waals surface area contributed by atoms with Gasteiger partial charge in [0.05, 0.1) is 18.2 Å². The Kier molecular flexibility index (Phi) is 4.17. The number of hydrogen-bond acceptors (Lipinski definition) is 3. The second-order valence-electron chi connectivity index (χ2n) is 3.30. The second-order valence-corrected chi connectivity index (χ2v) is 3.30. The maximum Gasteiger partial charge on any atom is 0.416 e. The van der Waals surface area contributed by atoms with E-state index in [-0.39, 0.29) is 5.56 Å². The predicted octanol–water partition coefficient (Wildman–Crippen LogP) is 1.93. The number of ether oxygens (including phenoxy) is 1. The number of hydrogen-bond donors (Lipinski definition) is 1. The molecular formula is C12H7F3O4. The fraction of sp³-hybridized carbons (Fsp3) is 0.167. The number of rotatable bonds is 1. The Balaban J connectivity index is 3.30. The van der Waals surface area contributed by atoms with Crippen molar-refractivity contribution in [3.05, 3.63) is 34.9 Å². The molecule has 0 aromatic heterocycles. The number of halogens is 3. The lowest BCUT2D eigenvalue weighted by atomic mass is 10.0. The zero-order chi connectivity index (χ0) is 14.6. The molecule has 1 aromatic carbocycles. The molecule has 0 saturated heterocycles. The molecule has 100 valence electrons. The van der Waals surface area contributed by atoms with Crippen LogP contribution >= 0.6 is 0 Å². The summed E-state index contributed by atoms with van der Waals surface area (Å²) in [7, 11) is 1.07. The number of methoxy groups -OCH3 is 1.